The quantitative estimate of drug-likeness (QED) is 0.102. The number of aryl methyl sites for hydroxylation is 2. The van der Waals surface area contributed by atoms with Crippen molar-refractivity contribution >= 4 is 18.1 Å². The van der Waals surface area contributed by atoms with Gasteiger partial charge in [-0.1, -0.05) is 36.4 Å². The molecule has 0 amide bonds. The Labute approximate surface area is 290 Å². The lowest BCUT2D eigenvalue weighted by Crippen LogP contribution is -2.07. The van der Waals surface area contributed by atoms with Gasteiger partial charge in [-0.25, -0.2) is 14.6 Å². The minimum absolute atomic E-state index is 0.187. The van der Waals surface area contributed by atoms with E-state index in [-0.39, 0.29) is 25.6 Å². The van der Waals surface area contributed by atoms with Crippen LogP contribution >= 0.6 is 0 Å². The third-order valence-corrected chi connectivity index (χ3v) is 7.96. The average molecular weight is 674 g/mol. The molecule has 0 saturated carbocycles. The molecule has 0 radical (unpaired) electrons. The van der Waals surface area contributed by atoms with E-state index in [1.807, 2.05) is 115 Å². The van der Waals surface area contributed by atoms with Gasteiger partial charge in [0, 0.05) is 18.3 Å². The number of para-hydroxylation sites is 1. The molecule has 0 aliphatic carbocycles. The molecule has 3 aromatic carbocycles. The van der Waals surface area contributed by atoms with Gasteiger partial charge in [-0.05, 0) is 80.4 Å². The zero-order valence-corrected chi connectivity index (χ0v) is 28.5. The number of imidazole rings is 1. The summed E-state index contributed by atoms with van der Waals surface area (Å²) in [6.45, 7) is 7.35. The third-order valence-electron chi connectivity index (χ3n) is 7.96. The normalized spacial score (nSPS) is 11.2. The van der Waals surface area contributed by atoms with Crippen molar-refractivity contribution in [3.63, 3.8) is 0 Å². The molecule has 3 heterocycles. The van der Waals surface area contributed by atoms with Crippen LogP contribution in [0.25, 0.3) is 29.3 Å². The zero-order chi connectivity index (χ0) is 34.9. The summed E-state index contributed by atoms with van der Waals surface area (Å²) in [7, 11) is 1.60. The molecule has 256 valence electrons. The molecule has 6 aromatic rings. The van der Waals surface area contributed by atoms with Gasteiger partial charge in [0.25, 0.3) is 0 Å². The molecule has 50 heavy (non-hydrogen) atoms. The first kappa shape index (κ1) is 33.8. The number of ether oxygens (including phenoxy) is 4. The van der Waals surface area contributed by atoms with E-state index in [1.54, 1.807) is 14.0 Å². The SMILES string of the molecule is CCOC(=O)Cc1ccc(-c2nc(COc3ccc(COc4nn(-c5ccccc5)cc4C=Cc4cncn4CC)cc3OC)c(C)o2)cc1. The molecule has 0 N–H and O–H groups in total. The fourth-order valence-electron chi connectivity index (χ4n) is 5.27. The molecule has 11 heteroatoms. The molecule has 6 rings (SSSR count). The van der Waals surface area contributed by atoms with Crippen LogP contribution in [0.4, 0.5) is 0 Å². The number of methoxy groups -OCH3 is 1. The summed E-state index contributed by atoms with van der Waals surface area (Å²) in [5, 5.41) is 4.75. The molecular formula is C39H39N5O6. The number of benzene rings is 3. The Kier molecular flexibility index (Phi) is 10.7. The number of carbonyl (C=O) groups excluding carboxylic acids is 1. The highest BCUT2D eigenvalue weighted by molar-refractivity contribution is 5.73. The standard InChI is InChI=1S/C39H39N5O6/c1-5-43-26-40-22-33(43)18-17-31-23-44(32-10-8-7-9-11-32)42-39(31)49-24-29-14-19-35(36(20-29)46-4)48-25-34-27(3)50-38(41-34)30-15-12-28(13-16-30)21-37(45)47-6-2/h7-20,22-23,26H,5-6,21,24-25H2,1-4H3. The predicted octanol–water partition coefficient (Wildman–Crippen LogP) is 7.49. The number of carbonyl (C=O) groups is 1. The number of hydrogen-bond acceptors (Lipinski definition) is 9. The molecule has 0 aliphatic rings. The van der Waals surface area contributed by atoms with Crippen LogP contribution in [0, 0.1) is 6.92 Å². The maximum atomic E-state index is 11.8. The van der Waals surface area contributed by atoms with Crippen molar-refractivity contribution in [2.24, 2.45) is 0 Å². The Hall–Kier alpha value is -6.10. The second-order valence-corrected chi connectivity index (χ2v) is 11.4. The molecular weight excluding hydrogens is 634 g/mol. The van der Waals surface area contributed by atoms with E-state index >= 15 is 0 Å². The summed E-state index contributed by atoms with van der Waals surface area (Å²) in [5.41, 5.74) is 5.96. The first-order valence-corrected chi connectivity index (χ1v) is 16.4. The van der Waals surface area contributed by atoms with Crippen LogP contribution in [0.5, 0.6) is 17.4 Å². The lowest BCUT2D eigenvalue weighted by atomic mass is 10.1. The summed E-state index contributed by atoms with van der Waals surface area (Å²) >= 11 is 0. The van der Waals surface area contributed by atoms with Gasteiger partial charge in [0.1, 0.15) is 24.7 Å². The van der Waals surface area contributed by atoms with Gasteiger partial charge in [0.15, 0.2) is 11.5 Å². The molecule has 3 aromatic heterocycles. The van der Waals surface area contributed by atoms with Crippen LogP contribution in [0.15, 0.2) is 95.9 Å². The van der Waals surface area contributed by atoms with E-state index in [1.165, 1.54) is 0 Å². The van der Waals surface area contributed by atoms with Gasteiger partial charge in [0.05, 0.1) is 49.6 Å². The van der Waals surface area contributed by atoms with Gasteiger partial charge >= 0.3 is 5.97 Å². The van der Waals surface area contributed by atoms with Crippen LogP contribution in [0.2, 0.25) is 0 Å². The van der Waals surface area contributed by atoms with Crippen molar-refractivity contribution in [3.05, 3.63) is 125 Å². The second-order valence-electron chi connectivity index (χ2n) is 11.4. The van der Waals surface area contributed by atoms with Gasteiger partial charge in [0.2, 0.25) is 11.8 Å². The third kappa shape index (κ3) is 8.12. The van der Waals surface area contributed by atoms with Crippen molar-refractivity contribution in [1.82, 2.24) is 24.3 Å². The number of esters is 1. The average Bonchev–Trinajstić information content (AvgIpc) is 3.88. The Bertz CT molecular complexity index is 2060. The van der Waals surface area contributed by atoms with Gasteiger partial charge in [-0.15, -0.1) is 5.10 Å². The number of oxazole rings is 1. The van der Waals surface area contributed by atoms with Gasteiger partial charge in [-0.2, -0.15) is 0 Å². The minimum atomic E-state index is -0.257. The monoisotopic (exact) mass is 673 g/mol. The number of hydrogen-bond donors (Lipinski definition) is 0. The predicted molar refractivity (Wildman–Crippen MR) is 189 cm³/mol. The van der Waals surface area contributed by atoms with Crippen LogP contribution in [0.1, 0.15) is 47.7 Å². The number of rotatable bonds is 15. The minimum Gasteiger partial charge on any atom is -0.493 e. The highest BCUT2D eigenvalue weighted by Crippen LogP contribution is 2.31. The van der Waals surface area contributed by atoms with E-state index in [4.69, 9.17) is 28.5 Å². The largest absolute Gasteiger partial charge is 0.493 e. The summed E-state index contributed by atoms with van der Waals surface area (Å²) < 4.78 is 32.9. The topological polar surface area (TPSA) is 116 Å². The zero-order valence-electron chi connectivity index (χ0n) is 28.5. The van der Waals surface area contributed by atoms with E-state index in [0.717, 1.165) is 40.2 Å². The maximum absolute atomic E-state index is 11.8. The molecule has 0 spiro atoms. The van der Waals surface area contributed by atoms with Gasteiger partial charge in [-0.3, -0.25) is 4.79 Å². The smallest absolute Gasteiger partial charge is 0.310 e. The van der Waals surface area contributed by atoms with Crippen molar-refractivity contribution in [3.8, 4) is 34.5 Å². The van der Waals surface area contributed by atoms with E-state index in [9.17, 15) is 4.79 Å². The highest BCUT2D eigenvalue weighted by atomic mass is 16.5. The van der Waals surface area contributed by atoms with Crippen molar-refractivity contribution in [2.45, 2.75) is 47.0 Å². The van der Waals surface area contributed by atoms with Crippen LogP contribution < -0.4 is 14.2 Å². The lowest BCUT2D eigenvalue weighted by Gasteiger charge is -2.12. The van der Waals surface area contributed by atoms with E-state index in [0.29, 0.717) is 41.3 Å². The maximum Gasteiger partial charge on any atom is 0.310 e. The first-order chi connectivity index (χ1) is 24.4. The van der Waals surface area contributed by atoms with Crippen LogP contribution in [-0.2, 0) is 35.7 Å². The fraction of sp³-hybridized carbons (Fsp3) is 0.231. The molecule has 0 atom stereocenters. The molecule has 0 fully saturated rings. The van der Waals surface area contributed by atoms with E-state index in [2.05, 4.69) is 21.5 Å². The summed E-state index contributed by atoms with van der Waals surface area (Å²) in [4.78, 5) is 20.7. The molecule has 0 saturated heterocycles. The molecule has 11 nitrogen and oxygen atoms in total. The fourth-order valence-corrected chi connectivity index (χ4v) is 5.27. The van der Waals surface area contributed by atoms with Crippen LogP contribution in [-0.4, -0.2) is 44.0 Å². The Morgan fingerprint density at radius 3 is 2.48 bits per heavy atom. The Morgan fingerprint density at radius 2 is 1.72 bits per heavy atom. The molecule has 0 aliphatic heterocycles. The summed E-state index contributed by atoms with van der Waals surface area (Å²) in [5.74, 6) is 2.49. The lowest BCUT2D eigenvalue weighted by molar-refractivity contribution is -0.142. The number of aromatic nitrogens is 5. The second kappa shape index (κ2) is 15.9. The summed E-state index contributed by atoms with van der Waals surface area (Å²) in [6, 6.07) is 23.1. The van der Waals surface area contributed by atoms with E-state index < -0.39 is 0 Å². The molecule has 0 bridgehead atoms. The van der Waals surface area contributed by atoms with Crippen molar-refractivity contribution < 1.29 is 28.2 Å². The van der Waals surface area contributed by atoms with Crippen molar-refractivity contribution in [1.29, 1.82) is 0 Å². The Morgan fingerprint density at radius 1 is 0.920 bits per heavy atom. The Balaban J connectivity index is 1.12. The van der Waals surface area contributed by atoms with Crippen LogP contribution in [0.3, 0.4) is 0 Å². The number of nitrogens with zero attached hydrogens (tertiary/aromatic N) is 5. The summed E-state index contributed by atoms with van der Waals surface area (Å²) in [6.07, 6.45) is 9.80. The first-order valence-electron chi connectivity index (χ1n) is 16.4. The van der Waals surface area contributed by atoms with Crippen molar-refractivity contribution in [2.75, 3.05) is 13.7 Å². The van der Waals surface area contributed by atoms with Gasteiger partial charge < -0.3 is 27.9 Å². The highest BCUT2D eigenvalue weighted by Gasteiger charge is 2.16. The molecule has 0 unspecified atom stereocenters.